The lowest BCUT2D eigenvalue weighted by Gasteiger charge is -2.27. The maximum atomic E-state index is 12.9. The van der Waals surface area contributed by atoms with Crippen molar-refractivity contribution in [2.75, 3.05) is 79.0 Å². The van der Waals surface area contributed by atoms with Crippen molar-refractivity contribution >= 4 is 23.8 Å². The van der Waals surface area contributed by atoms with Gasteiger partial charge in [-0.3, -0.25) is 19.2 Å². The zero-order chi connectivity index (χ0) is 28.5. The minimum absolute atomic E-state index is 0.135. The first-order valence-electron chi connectivity index (χ1n) is 13.4. The van der Waals surface area contributed by atoms with Crippen LogP contribution < -0.4 is 0 Å². The lowest BCUT2D eigenvalue weighted by atomic mass is 9.96. The van der Waals surface area contributed by atoms with Gasteiger partial charge in [0.15, 0.2) is 0 Å². The molecule has 1 heterocycles. The number of ether oxygens (including phenoxy) is 4. The maximum Gasteiger partial charge on any atom is 0.306 e. The predicted molar refractivity (Wildman–Crippen MR) is 138 cm³/mol. The average molecular weight is 547 g/mol. The third-order valence-corrected chi connectivity index (χ3v) is 6.49. The summed E-state index contributed by atoms with van der Waals surface area (Å²) in [5.74, 6) is -4.22. The fraction of sp³-hybridized carbons (Fsp3) is 0.846. The largest absolute Gasteiger partial charge is 0.481 e. The lowest BCUT2D eigenvalue weighted by molar-refractivity contribution is -0.145. The molecule has 0 aromatic heterocycles. The first kappa shape index (κ1) is 33.7. The molecule has 38 heavy (non-hydrogen) atoms. The number of carboxylic acid groups (broad SMARTS) is 2. The van der Waals surface area contributed by atoms with E-state index in [0.717, 1.165) is 0 Å². The highest BCUT2D eigenvalue weighted by atomic mass is 16.5. The smallest absolute Gasteiger partial charge is 0.306 e. The molecule has 220 valence electrons. The summed E-state index contributed by atoms with van der Waals surface area (Å²) in [5, 5.41) is 18.3. The number of nitrogens with zero attached hydrogens (tertiary/aromatic N) is 2. The summed E-state index contributed by atoms with van der Waals surface area (Å²) >= 11 is 0. The molecular formula is C26H46N2O10. The highest BCUT2D eigenvalue weighted by Gasteiger charge is 2.26. The Morgan fingerprint density at radius 1 is 0.526 bits per heavy atom. The normalized spacial score (nSPS) is 20.8. The van der Waals surface area contributed by atoms with Crippen LogP contribution >= 0.6 is 0 Å². The van der Waals surface area contributed by atoms with Crippen molar-refractivity contribution in [1.82, 2.24) is 9.80 Å². The zero-order valence-corrected chi connectivity index (χ0v) is 23.3. The van der Waals surface area contributed by atoms with Crippen LogP contribution in [0.1, 0.15) is 40.5 Å². The van der Waals surface area contributed by atoms with Gasteiger partial charge in [-0.15, -0.1) is 0 Å². The highest BCUT2D eigenvalue weighted by molar-refractivity contribution is 5.80. The Balaban J connectivity index is 2.63. The molecule has 2 N–H and O–H groups in total. The number of rotatable bonds is 8. The van der Waals surface area contributed by atoms with E-state index in [0.29, 0.717) is 79.0 Å². The van der Waals surface area contributed by atoms with Gasteiger partial charge in [0, 0.05) is 38.0 Å². The lowest BCUT2D eigenvalue weighted by Crippen LogP contribution is -2.41. The number of carbonyl (C=O) groups is 4. The van der Waals surface area contributed by atoms with Crippen molar-refractivity contribution in [3.63, 3.8) is 0 Å². The van der Waals surface area contributed by atoms with Crippen LogP contribution in [-0.4, -0.2) is 123 Å². The predicted octanol–water partition coefficient (Wildman–Crippen LogP) is 1.22. The van der Waals surface area contributed by atoms with Gasteiger partial charge in [-0.1, -0.05) is 27.7 Å². The van der Waals surface area contributed by atoms with E-state index < -0.39 is 35.6 Å². The number of hydrogen-bond acceptors (Lipinski definition) is 8. The van der Waals surface area contributed by atoms with Gasteiger partial charge in [-0.2, -0.15) is 0 Å². The SMILES string of the molecule is C[C@H](C[C@H](C)C(=O)N1CCOCCOCCN(C(=O)[C@H](C)C[C@H](C)C(=O)O)CCOCCOCC1)C(=O)O. The Bertz CT molecular complexity index is 655. The summed E-state index contributed by atoms with van der Waals surface area (Å²) in [6.45, 7) is 10.5. The Morgan fingerprint density at radius 3 is 1.03 bits per heavy atom. The molecule has 0 radical (unpaired) electrons. The van der Waals surface area contributed by atoms with Crippen LogP contribution in [0.2, 0.25) is 0 Å². The topological polar surface area (TPSA) is 152 Å². The van der Waals surface area contributed by atoms with Gasteiger partial charge >= 0.3 is 11.9 Å². The van der Waals surface area contributed by atoms with Gasteiger partial charge in [0.05, 0.1) is 64.7 Å². The van der Waals surface area contributed by atoms with E-state index in [1.54, 1.807) is 37.5 Å². The van der Waals surface area contributed by atoms with Crippen LogP contribution in [0.5, 0.6) is 0 Å². The van der Waals surface area contributed by atoms with Gasteiger partial charge in [-0.25, -0.2) is 0 Å². The second-order valence-corrected chi connectivity index (χ2v) is 9.85. The van der Waals surface area contributed by atoms with Crippen molar-refractivity contribution in [2.45, 2.75) is 40.5 Å². The van der Waals surface area contributed by atoms with Gasteiger partial charge in [0.1, 0.15) is 0 Å². The van der Waals surface area contributed by atoms with Crippen LogP contribution in [0.3, 0.4) is 0 Å². The molecular weight excluding hydrogens is 500 g/mol. The van der Waals surface area contributed by atoms with Crippen LogP contribution in [0.25, 0.3) is 0 Å². The third kappa shape index (κ3) is 13.5. The first-order valence-corrected chi connectivity index (χ1v) is 13.4. The van der Waals surface area contributed by atoms with Gasteiger partial charge in [-0.05, 0) is 12.8 Å². The average Bonchev–Trinajstić information content (AvgIpc) is 2.87. The molecule has 4 atom stereocenters. The Hall–Kier alpha value is -2.28. The molecule has 0 unspecified atom stereocenters. The molecule has 1 aliphatic heterocycles. The molecule has 0 aromatic carbocycles. The molecule has 0 aliphatic carbocycles. The standard InChI is InChI=1S/C26H46N2O10/c1-19(17-21(3)25(31)32)23(29)27-5-9-35-13-15-37-11-7-28(8-12-38-16-14-36-10-6-27)24(30)20(2)18-22(4)26(33)34/h19-22H,5-18H2,1-4H3,(H,31,32)(H,33,34)/t19-,20+,21+,22-. The monoisotopic (exact) mass is 546 g/mol. The van der Waals surface area contributed by atoms with E-state index in [1.807, 2.05) is 0 Å². The number of carboxylic acids is 2. The summed E-state index contributed by atoms with van der Waals surface area (Å²) in [6.07, 6.45) is 0.510. The van der Waals surface area contributed by atoms with Crippen molar-refractivity contribution in [3.8, 4) is 0 Å². The summed E-state index contributed by atoms with van der Waals surface area (Å²) in [6, 6.07) is 0. The first-order chi connectivity index (χ1) is 18.0. The van der Waals surface area contributed by atoms with E-state index in [1.165, 1.54) is 0 Å². The molecule has 12 nitrogen and oxygen atoms in total. The molecule has 1 rings (SSSR count). The number of carbonyl (C=O) groups excluding carboxylic acids is 2. The van der Waals surface area contributed by atoms with E-state index in [2.05, 4.69) is 0 Å². The summed E-state index contributed by atoms with van der Waals surface area (Å²) < 4.78 is 22.5. The quantitative estimate of drug-likeness (QED) is 0.454. The van der Waals surface area contributed by atoms with E-state index in [-0.39, 0.29) is 24.7 Å². The van der Waals surface area contributed by atoms with Gasteiger partial charge in [0.25, 0.3) is 0 Å². The Morgan fingerprint density at radius 2 is 0.789 bits per heavy atom. The number of amides is 2. The summed E-state index contributed by atoms with van der Waals surface area (Å²) in [4.78, 5) is 51.4. The molecule has 0 aromatic rings. The highest BCUT2D eigenvalue weighted by Crippen LogP contribution is 2.16. The number of hydrogen-bond donors (Lipinski definition) is 2. The van der Waals surface area contributed by atoms with E-state index in [9.17, 15) is 19.2 Å². The summed E-state index contributed by atoms with van der Waals surface area (Å²) in [5.41, 5.74) is 0. The van der Waals surface area contributed by atoms with Crippen molar-refractivity contribution in [2.24, 2.45) is 23.7 Å². The fourth-order valence-electron chi connectivity index (χ4n) is 4.09. The summed E-state index contributed by atoms with van der Waals surface area (Å²) in [7, 11) is 0. The molecule has 1 saturated heterocycles. The van der Waals surface area contributed by atoms with Crippen LogP contribution in [0.15, 0.2) is 0 Å². The van der Waals surface area contributed by atoms with Crippen molar-refractivity contribution in [3.05, 3.63) is 0 Å². The fourth-order valence-corrected chi connectivity index (χ4v) is 4.09. The van der Waals surface area contributed by atoms with Crippen LogP contribution in [-0.2, 0) is 38.1 Å². The van der Waals surface area contributed by atoms with Crippen molar-refractivity contribution < 1.29 is 48.3 Å². The number of aliphatic carboxylic acids is 2. The molecule has 2 amide bonds. The molecule has 12 heteroatoms. The van der Waals surface area contributed by atoms with E-state index in [4.69, 9.17) is 29.2 Å². The Kier molecular flexibility index (Phi) is 16.8. The minimum atomic E-state index is -0.925. The van der Waals surface area contributed by atoms with Crippen LogP contribution in [0.4, 0.5) is 0 Å². The second-order valence-electron chi connectivity index (χ2n) is 9.85. The second kappa shape index (κ2) is 18.9. The minimum Gasteiger partial charge on any atom is -0.481 e. The van der Waals surface area contributed by atoms with E-state index >= 15 is 0 Å². The molecule has 0 bridgehead atoms. The van der Waals surface area contributed by atoms with Crippen molar-refractivity contribution in [1.29, 1.82) is 0 Å². The van der Waals surface area contributed by atoms with Gasteiger partial charge < -0.3 is 39.0 Å². The third-order valence-electron chi connectivity index (χ3n) is 6.49. The molecule has 0 spiro atoms. The molecule has 1 aliphatic rings. The molecule has 0 saturated carbocycles. The van der Waals surface area contributed by atoms with Crippen LogP contribution in [0, 0.1) is 23.7 Å². The Labute approximate surface area is 225 Å². The van der Waals surface area contributed by atoms with Gasteiger partial charge in [0.2, 0.25) is 11.8 Å². The zero-order valence-electron chi connectivity index (χ0n) is 23.3. The molecule has 1 fully saturated rings. The maximum absolute atomic E-state index is 12.9.